The number of nitrogens with zero attached hydrogens (tertiary/aromatic N) is 1. The molecule has 0 radical (unpaired) electrons. The number of halogens is 2. The normalized spacial score (nSPS) is 19.2. The number of carbonyl (C=O) groups excluding carboxylic acids is 1. The predicted octanol–water partition coefficient (Wildman–Crippen LogP) is 3.25. The SMILES string of the molecule is Br.CC(C)[C@H](N)C(=O)O.O=C1CCN(Cc2ccccc2)CCC1Br. The van der Waals surface area contributed by atoms with Gasteiger partial charge in [-0.2, -0.15) is 0 Å². The lowest BCUT2D eigenvalue weighted by molar-refractivity contribution is -0.139. The quantitative estimate of drug-likeness (QED) is 0.647. The van der Waals surface area contributed by atoms with E-state index in [0.29, 0.717) is 12.2 Å². The number of carboxylic acids is 1. The summed E-state index contributed by atoms with van der Waals surface area (Å²) in [6, 6.07) is 9.72. The maximum Gasteiger partial charge on any atom is 0.320 e. The maximum absolute atomic E-state index is 11.5. The van der Waals surface area contributed by atoms with Gasteiger partial charge in [0.05, 0.1) is 4.83 Å². The Labute approximate surface area is 168 Å². The van der Waals surface area contributed by atoms with Crippen LogP contribution in [0.5, 0.6) is 0 Å². The van der Waals surface area contributed by atoms with Crippen LogP contribution in [-0.2, 0) is 16.1 Å². The summed E-state index contributed by atoms with van der Waals surface area (Å²) in [5.74, 6) is -0.567. The first-order valence-electron chi connectivity index (χ1n) is 8.22. The summed E-state index contributed by atoms with van der Waals surface area (Å²) in [5.41, 5.74) is 6.48. The average molecular weight is 480 g/mol. The van der Waals surface area contributed by atoms with Crippen molar-refractivity contribution in [3.8, 4) is 0 Å². The molecular formula is C18H28Br2N2O3. The molecule has 1 unspecified atom stereocenters. The number of alkyl halides is 1. The van der Waals surface area contributed by atoms with Crippen molar-refractivity contribution in [3.63, 3.8) is 0 Å². The van der Waals surface area contributed by atoms with Crippen molar-refractivity contribution in [2.24, 2.45) is 11.7 Å². The summed E-state index contributed by atoms with van der Waals surface area (Å²) in [4.78, 5) is 24.0. The number of carboxylic acid groups (broad SMARTS) is 1. The van der Waals surface area contributed by atoms with Crippen molar-refractivity contribution < 1.29 is 14.7 Å². The molecule has 2 rings (SSSR count). The Hall–Kier alpha value is -0.760. The van der Waals surface area contributed by atoms with E-state index in [0.717, 1.165) is 26.1 Å². The van der Waals surface area contributed by atoms with E-state index >= 15 is 0 Å². The molecule has 1 aromatic carbocycles. The van der Waals surface area contributed by atoms with Crippen molar-refractivity contribution in [2.45, 2.75) is 44.1 Å². The lowest BCUT2D eigenvalue weighted by Gasteiger charge is -2.19. The average Bonchev–Trinajstić information content (AvgIpc) is 2.71. The van der Waals surface area contributed by atoms with E-state index in [1.165, 1.54) is 5.56 Å². The Balaban J connectivity index is 0.000000552. The van der Waals surface area contributed by atoms with Gasteiger partial charge in [0.25, 0.3) is 0 Å². The van der Waals surface area contributed by atoms with E-state index in [2.05, 4.69) is 45.1 Å². The van der Waals surface area contributed by atoms with Crippen LogP contribution >= 0.6 is 32.9 Å². The van der Waals surface area contributed by atoms with Crippen molar-refractivity contribution in [1.82, 2.24) is 4.90 Å². The standard InChI is InChI=1S/C13H16BrNO.C5H11NO2.BrH/c14-12-6-8-15(9-7-13(12)16)10-11-4-2-1-3-5-11;1-3(2)4(6)5(7)8;/h1-5,12H,6-10H2;3-4H,6H2,1-2H3,(H,7,8);1H/t;4-;/m.0./s1. The zero-order valence-electron chi connectivity index (χ0n) is 14.7. The van der Waals surface area contributed by atoms with Gasteiger partial charge < -0.3 is 10.8 Å². The third-order valence-electron chi connectivity index (χ3n) is 3.97. The van der Waals surface area contributed by atoms with E-state index in [9.17, 15) is 9.59 Å². The Bertz CT molecular complexity index is 526. The van der Waals surface area contributed by atoms with Gasteiger partial charge in [-0.25, -0.2) is 0 Å². The highest BCUT2D eigenvalue weighted by Gasteiger charge is 2.21. The number of hydrogen-bond acceptors (Lipinski definition) is 4. The van der Waals surface area contributed by atoms with Crippen LogP contribution in [0.25, 0.3) is 0 Å². The van der Waals surface area contributed by atoms with Gasteiger partial charge in [-0.15, -0.1) is 17.0 Å². The fourth-order valence-corrected chi connectivity index (χ4v) is 2.71. The van der Waals surface area contributed by atoms with E-state index in [1.807, 2.05) is 6.07 Å². The molecule has 3 N–H and O–H groups in total. The zero-order valence-corrected chi connectivity index (χ0v) is 18.0. The molecular weight excluding hydrogens is 452 g/mol. The highest BCUT2D eigenvalue weighted by Crippen LogP contribution is 2.16. The molecule has 0 saturated carbocycles. The number of hydrogen-bond donors (Lipinski definition) is 2. The Morgan fingerprint density at radius 2 is 1.92 bits per heavy atom. The molecule has 1 saturated heterocycles. The first-order valence-corrected chi connectivity index (χ1v) is 9.14. The molecule has 1 heterocycles. The molecule has 142 valence electrons. The van der Waals surface area contributed by atoms with Crippen molar-refractivity contribution in [2.75, 3.05) is 13.1 Å². The molecule has 0 spiro atoms. The molecule has 25 heavy (non-hydrogen) atoms. The molecule has 1 fully saturated rings. The molecule has 1 aromatic rings. The van der Waals surface area contributed by atoms with Gasteiger partial charge in [0.15, 0.2) is 0 Å². The zero-order chi connectivity index (χ0) is 18.1. The minimum absolute atomic E-state index is 0. The monoisotopic (exact) mass is 478 g/mol. The second kappa shape index (κ2) is 12.6. The Morgan fingerprint density at radius 3 is 2.40 bits per heavy atom. The predicted molar refractivity (Wildman–Crippen MR) is 109 cm³/mol. The van der Waals surface area contributed by atoms with Gasteiger partial charge >= 0.3 is 5.97 Å². The van der Waals surface area contributed by atoms with Crippen LogP contribution in [0.15, 0.2) is 30.3 Å². The number of rotatable bonds is 4. The van der Waals surface area contributed by atoms with E-state index in [4.69, 9.17) is 10.8 Å². The highest BCUT2D eigenvalue weighted by atomic mass is 79.9. The number of benzene rings is 1. The first-order chi connectivity index (χ1) is 11.3. The summed E-state index contributed by atoms with van der Waals surface area (Å²) in [6.07, 6.45) is 1.59. The van der Waals surface area contributed by atoms with Crippen LogP contribution in [0.3, 0.4) is 0 Å². The molecule has 0 aliphatic carbocycles. The number of carbonyl (C=O) groups is 2. The second-order valence-electron chi connectivity index (χ2n) is 6.34. The van der Waals surface area contributed by atoms with Crippen molar-refractivity contribution >= 4 is 44.7 Å². The summed E-state index contributed by atoms with van der Waals surface area (Å²) in [6.45, 7) is 6.39. The smallest absolute Gasteiger partial charge is 0.320 e. The largest absolute Gasteiger partial charge is 0.480 e. The maximum atomic E-state index is 11.5. The van der Waals surface area contributed by atoms with Crippen LogP contribution in [0.2, 0.25) is 0 Å². The molecule has 0 amide bonds. The molecule has 2 atom stereocenters. The van der Waals surface area contributed by atoms with Gasteiger partial charge in [-0.1, -0.05) is 60.1 Å². The van der Waals surface area contributed by atoms with Crippen molar-refractivity contribution in [1.29, 1.82) is 0 Å². The molecule has 0 aromatic heterocycles. The van der Waals surface area contributed by atoms with Gasteiger partial charge in [-0.3, -0.25) is 14.5 Å². The van der Waals surface area contributed by atoms with Gasteiger partial charge in [0.2, 0.25) is 0 Å². The lowest BCUT2D eigenvalue weighted by atomic mass is 10.1. The summed E-state index contributed by atoms with van der Waals surface area (Å²) in [5, 5.41) is 8.23. The van der Waals surface area contributed by atoms with E-state index in [1.54, 1.807) is 13.8 Å². The van der Waals surface area contributed by atoms with Gasteiger partial charge in [0.1, 0.15) is 11.8 Å². The molecule has 1 aliphatic rings. The van der Waals surface area contributed by atoms with Crippen LogP contribution in [-0.4, -0.2) is 45.7 Å². The Morgan fingerprint density at radius 1 is 1.32 bits per heavy atom. The van der Waals surface area contributed by atoms with Crippen LogP contribution in [0.1, 0.15) is 32.3 Å². The minimum atomic E-state index is -0.931. The van der Waals surface area contributed by atoms with Crippen LogP contribution in [0, 0.1) is 5.92 Å². The third-order valence-corrected chi connectivity index (χ3v) is 4.94. The van der Waals surface area contributed by atoms with Gasteiger partial charge in [-0.05, 0) is 24.4 Å². The minimum Gasteiger partial charge on any atom is -0.480 e. The van der Waals surface area contributed by atoms with E-state index < -0.39 is 12.0 Å². The number of Topliss-reactive ketones (excluding diaryl/α,β-unsaturated/α-hetero) is 1. The number of aliphatic carboxylic acids is 1. The summed E-state index contributed by atoms with van der Waals surface area (Å²) >= 11 is 3.44. The second-order valence-corrected chi connectivity index (χ2v) is 7.45. The van der Waals surface area contributed by atoms with Crippen LogP contribution in [0.4, 0.5) is 0 Å². The number of likely N-dealkylation sites (tertiary alicyclic amines) is 1. The number of nitrogens with two attached hydrogens (primary N) is 1. The first kappa shape index (κ1) is 24.2. The van der Waals surface area contributed by atoms with Crippen LogP contribution < -0.4 is 5.73 Å². The molecule has 1 aliphatic heterocycles. The van der Waals surface area contributed by atoms with E-state index in [-0.39, 0.29) is 27.7 Å². The third kappa shape index (κ3) is 9.49. The summed E-state index contributed by atoms with van der Waals surface area (Å²) < 4.78 is 0. The fraction of sp³-hybridized carbons (Fsp3) is 0.556. The molecule has 5 nitrogen and oxygen atoms in total. The molecule has 0 bridgehead atoms. The summed E-state index contributed by atoms with van der Waals surface area (Å²) in [7, 11) is 0. The number of ketones is 1. The topological polar surface area (TPSA) is 83.6 Å². The highest BCUT2D eigenvalue weighted by molar-refractivity contribution is 9.10. The lowest BCUT2D eigenvalue weighted by Crippen LogP contribution is -2.34. The molecule has 7 heteroatoms. The van der Waals surface area contributed by atoms with Gasteiger partial charge in [0, 0.05) is 19.5 Å². The van der Waals surface area contributed by atoms with Crippen molar-refractivity contribution in [3.05, 3.63) is 35.9 Å². The fourth-order valence-electron chi connectivity index (χ4n) is 2.28. The Kier molecular flexibility index (Phi) is 12.2.